The Morgan fingerprint density at radius 2 is 1.56 bits per heavy atom. The Morgan fingerprint density at radius 3 is 2.27 bits per heavy atom. The number of methoxy groups -OCH3 is 1. The number of fused-ring (bicyclic) bond motifs is 1. The fourth-order valence-electron chi connectivity index (χ4n) is 6.57. The Labute approximate surface area is 242 Å². The van der Waals surface area contributed by atoms with Crippen LogP contribution in [0.2, 0.25) is 0 Å². The molecule has 5 rings (SSSR count). The van der Waals surface area contributed by atoms with Gasteiger partial charge in [0.05, 0.1) is 25.2 Å². The van der Waals surface area contributed by atoms with E-state index in [-0.39, 0.29) is 29.7 Å². The van der Waals surface area contributed by atoms with Crippen molar-refractivity contribution < 1.29 is 23.9 Å². The molecule has 2 amide bonds. The Kier molecular flexibility index (Phi) is 8.43. The molecular weight excluding hydrogens is 516 g/mol. The summed E-state index contributed by atoms with van der Waals surface area (Å²) >= 11 is 0. The first-order valence-electron chi connectivity index (χ1n) is 14.4. The highest BCUT2D eigenvalue weighted by Gasteiger charge is 2.50. The third kappa shape index (κ3) is 5.21. The molecular formula is C34H38N2O5. The van der Waals surface area contributed by atoms with E-state index in [0.717, 1.165) is 16.7 Å². The van der Waals surface area contributed by atoms with Gasteiger partial charge in [0.2, 0.25) is 5.91 Å². The lowest BCUT2D eigenvalue weighted by Crippen LogP contribution is -2.50. The molecule has 1 fully saturated rings. The zero-order valence-corrected chi connectivity index (χ0v) is 24.0. The monoisotopic (exact) mass is 554 g/mol. The maximum atomic E-state index is 14.0. The van der Waals surface area contributed by atoms with E-state index >= 15 is 0 Å². The van der Waals surface area contributed by atoms with Crippen molar-refractivity contribution in [3.05, 3.63) is 101 Å². The average molecular weight is 555 g/mol. The van der Waals surface area contributed by atoms with Gasteiger partial charge in [0.1, 0.15) is 11.2 Å². The second-order valence-electron chi connectivity index (χ2n) is 10.8. The SMILES string of the molecule is CCOC(=O)C1(c2ccccc2)CC[C@@H](C(=O)N2CCC(N(C)C(=O)c3ccccc3OC)CC2)c2ccccc21. The van der Waals surface area contributed by atoms with Crippen molar-refractivity contribution in [2.75, 3.05) is 33.9 Å². The molecule has 1 aliphatic heterocycles. The third-order valence-electron chi connectivity index (χ3n) is 8.77. The van der Waals surface area contributed by atoms with Crippen LogP contribution in [0.15, 0.2) is 78.9 Å². The second-order valence-corrected chi connectivity index (χ2v) is 10.8. The predicted octanol–water partition coefficient (Wildman–Crippen LogP) is 5.19. The van der Waals surface area contributed by atoms with Gasteiger partial charge in [0.25, 0.3) is 5.91 Å². The van der Waals surface area contributed by atoms with E-state index in [1.54, 1.807) is 24.1 Å². The van der Waals surface area contributed by atoms with Crippen molar-refractivity contribution in [1.29, 1.82) is 0 Å². The molecule has 0 N–H and O–H groups in total. The van der Waals surface area contributed by atoms with Crippen LogP contribution in [0.3, 0.4) is 0 Å². The highest BCUT2D eigenvalue weighted by molar-refractivity contribution is 5.97. The molecule has 41 heavy (non-hydrogen) atoms. The molecule has 1 unspecified atom stereocenters. The first-order valence-corrected chi connectivity index (χ1v) is 14.4. The number of esters is 1. The van der Waals surface area contributed by atoms with Gasteiger partial charge in [-0.1, -0.05) is 66.7 Å². The van der Waals surface area contributed by atoms with Gasteiger partial charge in [0.15, 0.2) is 0 Å². The minimum atomic E-state index is -0.945. The summed E-state index contributed by atoms with van der Waals surface area (Å²) in [6.45, 7) is 3.27. The molecule has 0 bridgehead atoms. The summed E-state index contributed by atoms with van der Waals surface area (Å²) in [5, 5.41) is 0. The molecule has 0 saturated carbocycles. The first-order chi connectivity index (χ1) is 19.9. The first kappa shape index (κ1) is 28.4. The molecule has 7 nitrogen and oxygen atoms in total. The van der Waals surface area contributed by atoms with Crippen molar-refractivity contribution in [2.24, 2.45) is 0 Å². The number of hydrogen-bond acceptors (Lipinski definition) is 5. The largest absolute Gasteiger partial charge is 0.496 e. The van der Waals surface area contributed by atoms with Crippen LogP contribution in [-0.4, -0.2) is 67.5 Å². The van der Waals surface area contributed by atoms with Gasteiger partial charge in [-0.25, -0.2) is 0 Å². The predicted molar refractivity (Wildman–Crippen MR) is 157 cm³/mol. The Morgan fingerprint density at radius 1 is 0.902 bits per heavy atom. The van der Waals surface area contributed by atoms with E-state index in [2.05, 4.69) is 0 Å². The fourth-order valence-corrected chi connectivity index (χ4v) is 6.57. The highest BCUT2D eigenvalue weighted by Crippen LogP contribution is 2.48. The van der Waals surface area contributed by atoms with Gasteiger partial charge in [-0.2, -0.15) is 0 Å². The zero-order chi connectivity index (χ0) is 29.0. The van der Waals surface area contributed by atoms with E-state index in [9.17, 15) is 14.4 Å². The zero-order valence-electron chi connectivity index (χ0n) is 24.0. The summed E-state index contributed by atoms with van der Waals surface area (Å²) in [6, 6.07) is 24.9. The Balaban J connectivity index is 1.34. The lowest BCUT2D eigenvalue weighted by molar-refractivity contribution is -0.149. The molecule has 1 aliphatic carbocycles. The number of amides is 2. The normalized spacial score (nSPS) is 20.6. The Hall–Kier alpha value is -4.13. The smallest absolute Gasteiger partial charge is 0.321 e. The number of carbonyl (C=O) groups excluding carboxylic acids is 3. The summed E-state index contributed by atoms with van der Waals surface area (Å²) in [6.07, 6.45) is 2.45. The molecule has 0 aromatic heterocycles. The molecule has 7 heteroatoms. The Bertz CT molecular complexity index is 1400. The number of benzene rings is 3. The lowest BCUT2D eigenvalue weighted by Gasteiger charge is -2.42. The molecule has 0 radical (unpaired) electrons. The molecule has 1 saturated heterocycles. The minimum absolute atomic E-state index is 0.0321. The quantitative estimate of drug-likeness (QED) is 0.376. The summed E-state index contributed by atoms with van der Waals surface area (Å²) in [5.41, 5.74) is 2.23. The number of carbonyl (C=O) groups is 3. The topological polar surface area (TPSA) is 76.2 Å². The molecule has 3 aromatic carbocycles. The van der Waals surface area contributed by atoms with E-state index in [1.165, 1.54) is 0 Å². The molecule has 214 valence electrons. The summed E-state index contributed by atoms with van der Waals surface area (Å²) in [5.74, 6) is -0.0397. The van der Waals surface area contributed by atoms with Crippen LogP contribution in [0.4, 0.5) is 0 Å². The van der Waals surface area contributed by atoms with Gasteiger partial charge in [0, 0.05) is 26.2 Å². The van der Waals surface area contributed by atoms with Crippen LogP contribution < -0.4 is 4.74 Å². The van der Waals surface area contributed by atoms with E-state index in [0.29, 0.717) is 56.7 Å². The molecule has 2 aliphatic rings. The average Bonchev–Trinajstić information content (AvgIpc) is 3.03. The van der Waals surface area contributed by atoms with Crippen molar-refractivity contribution in [3.63, 3.8) is 0 Å². The highest BCUT2D eigenvalue weighted by atomic mass is 16.5. The van der Waals surface area contributed by atoms with Crippen molar-refractivity contribution in [1.82, 2.24) is 9.80 Å². The van der Waals surface area contributed by atoms with E-state index < -0.39 is 5.41 Å². The number of rotatable bonds is 7. The van der Waals surface area contributed by atoms with Crippen LogP contribution in [0, 0.1) is 0 Å². The van der Waals surface area contributed by atoms with Gasteiger partial charge >= 0.3 is 5.97 Å². The van der Waals surface area contributed by atoms with Gasteiger partial charge < -0.3 is 19.3 Å². The van der Waals surface area contributed by atoms with Crippen molar-refractivity contribution in [2.45, 2.75) is 50.0 Å². The van der Waals surface area contributed by atoms with E-state index in [1.807, 2.05) is 85.6 Å². The van der Waals surface area contributed by atoms with Gasteiger partial charge in [-0.15, -0.1) is 0 Å². The van der Waals surface area contributed by atoms with Crippen LogP contribution in [0.1, 0.15) is 65.6 Å². The number of para-hydroxylation sites is 1. The van der Waals surface area contributed by atoms with Crippen LogP contribution in [0.25, 0.3) is 0 Å². The molecule has 1 heterocycles. The van der Waals surface area contributed by atoms with Crippen LogP contribution in [0.5, 0.6) is 5.75 Å². The number of piperidine rings is 1. The van der Waals surface area contributed by atoms with Gasteiger partial charge in [-0.3, -0.25) is 14.4 Å². The van der Waals surface area contributed by atoms with Crippen molar-refractivity contribution in [3.8, 4) is 5.75 Å². The minimum Gasteiger partial charge on any atom is -0.496 e. The lowest BCUT2D eigenvalue weighted by atomic mass is 9.63. The number of ether oxygens (including phenoxy) is 2. The summed E-state index contributed by atoms with van der Waals surface area (Å²) < 4.78 is 11.0. The van der Waals surface area contributed by atoms with Crippen LogP contribution in [-0.2, 0) is 19.7 Å². The van der Waals surface area contributed by atoms with Crippen LogP contribution >= 0.6 is 0 Å². The maximum Gasteiger partial charge on any atom is 0.321 e. The number of hydrogen-bond donors (Lipinski definition) is 0. The number of nitrogens with zero attached hydrogens (tertiary/aromatic N) is 2. The standard InChI is InChI=1S/C34H38N2O5/c1-4-41-33(39)34(24-12-6-5-7-13-24)21-18-27(26-14-8-10-16-29(26)34)32(38)36-22-19-25(20-23-36)35(2)31(37)28-15-9-11-17-30(28)40-3/h5-17,25,27H,4,18-23H2,1-3H3/t27-,34?/m1/s1. The molecule has 0 spiro atoms. The van der Waals surface area contributed by atoms with Gasteiger partial charge in [-0.05, 0) is 61.4 Å². The molecule has 3 aromatic rings. The summed E-state index contributed by atoms with van der Waals surface area (Å²) in [4.78, 5) is 44.5. The second kappa shape index (κ2) is 12.2. The third-order valence-corrected chi connectivity index (χ3v) is 8.77. The maximum absolute atomic E-state index is 14.0. The number of likely N-dealkylation sites (tertiary alicyclic amines) is 1. The summed E-state index contributed by atoms with van der Waals surface area (Å²) in [7, 11) is 3.39. The fraction of sp³-hybridized carbons (Fsp3) is 0.382. The van der Waals surface area contributed by atoms with Crippen molar-refractivity contribution >= 4 is 17.8 Å². The van der Waals surface area contributed by atoms with E-state index in [4.69, 9.17) is 9.47 Å². The molecule has 2 atom stereocenters.